The lowest BCUT2D eigenvalue weighted by molar-refractivity contribution is 0.162. The number of piperidine rings is 1. The van der Waals surface area contributed by atoms with Gasteiger partial charge in [0.05, 0.1) is 12.0 Å². The van der Waals surface area contributed by atoms with E-state index in [-0.39, 0.29) is 5.56 Å². The second-order valence-corrected chi connectivity index (χ2v) is 7.02. The molecule has 0 saturated carbocycles. The fourth-order valence-electron chi connectivity index (χ4n) is 3.45. The molecule has 0 unspecified atom stereocenters. The zero-order valence-corrected chi connectivity index (χ0v) is 15.3. The van der Waals surface area contributed by atoms with Crippen molar-refractivity contribution in [2.45, 2.75) is 32.9 Å². The number of nitrogens with zero attached hydrogens (tertiary/aromatic N) is 6. The first-order valence-corrected chi connectivity index (χ1v) is 9.16. The Morgan fingerprint density at radius 1 is 1.19 bits per heavy atom. The predicted octanol–water partition coefficient (Wildman–Crippen LogP) is 1.91. The van der Waals surface area contributed by atoms with Crippen molar-refractivity contribution in [3.05, 3.63) is 58.7 Å². The van der Waals surface area contributed by atoms with Crippen LogP contribution in [-0.4, -0.2) is 42.8 Å². The fraction of sp³-hybridized carbons (Fsp3) is 0.421. The van der Waals surface area contributed by atoms with E-state index in [4.69, 9.17) is 4.63 Å². The van der Waals surface area contributed by atoms with Gasteiger partial charge in [0.2, 0.25) is 0 Å². The van der Waals surface area contributed by atoms with Gasteiger partial charge in [0.1, 0.15) is 11.4 Å². The van der Waals surface area contributed by atoms with Crippen molar-refractivity contribution in [3.8, 4) is 11.3 Å². The SMILES string of the molecule is Cc1nonc1CN1CCC(Cn2cnc(-c3ccncc3)cc2=O)CC1. The summed E-state index contributed by atoms with van der Waals surface area (Å²) in [4.78, 5) is 23.3. The summed E-state index contributed by atoms with van der Waals surface area (Å²) in [5, 5.41) is 7.79. The molecular formula is C19H22N6O2. The van der Waals surface area contributed by atoms with Crippen molar-refractivity contribution in [2.24, 2.45) is 5.92 Å². The van der Waals surface area contributed by atoms with Gasteiger partial charge >= 0.3 is 0 Å². The van der Waals surface area contributed by atoms with Crippen molar-refractivity contribution in [3.63, 3.8) is 0 Å². The highest BCUT2D eigenvalue weighted by Crippen LogP contribution is 2.20. The molecular weight excluding hydrogens is 344 g/mol. The van der Waals surface area contributed by atoms with Gasteiger partial charge in [-0.3, -0.25) is 19.2 Å². The normalized spacial score (nSPS) is 15.9. The molecule has 0 spiro atoms. The van der Waals surface area contributed by atoms with Crippen LogP contribution in [0, 0.1) is 12.8 Å². The van der Waals surface area contributed by atoms with E-state index in [9.17, 15) is 4.79 Å². The minimum Gasteiger partial charge on any atom is -0.299 e. The summed E-state index contributed by atoms with van der Waals surface area (Å²) in [5.41, 5.74) is 3.33. The first-order chi connectivity index (χ1) is 13.2. The number of likely N-dealkylation sites (tertiary alicyclic amines) is 1. The molecule has 0 aromatic carbocycles. The van der Waals surface area contributed by atoms with Crippen molar-refractivity contribution < 1.29 is 4.63 Å². The largest absolute Gasteiger partial charge is 0.299 e. The van der Waals surface area contributed by atoms with E-state index in [1.807, 2.05) is 19.1 Å². The maximum absolute atomic E-state index is 12.5. The van der Waals surface area contributed by atoms with Crippen molar-refractivity contribution in [2.75, 3.05) is 13.1 Å². The zero-order chi connectivity index (χ0) is 18.6. The van der Waals surface area contributed by atoms with Gasteiger partial charge in [-0.25, -0.2) is 9.61 Å². The van der Waals surface area contributed by atoms with Crippen LogP contribution in [-0.2, 0) is 13.1 Å². The lowest BCUT2D eigenvalue weighted by atomic mass is 9.96. The molecule has 3 aromatic rings. The highest BCUT2D eigenvalue weighted by atomic mass is 16.6. The number of aromatic nitrogens is 5. The molecule has 4 heterocycles. The second kappa shape index (κ2) is 7.79. The van der Waals surface area contributed by atoms with E-state index in [0.717, 1.165) is 49.4 Å². The third-order valence-corrected chi connectivity index (χ3v) is 5.14. The molecule has 0 atom stereocenters. The van der Waals surface area contributed by atoms with E-state index in [1.165, 1.54) is 0 Å². The highest BCUT2D eigenvalue weighted by Gasteiger charge is 2.21. The molecule has 27 heavy (non-hydrogen) atoms. The Labute approximate surface area is 156 Å². The molecule has 1 aliphatic rings. The van der Waals surface area contributed by atoms with Gasteiger partial charge in [0.15, 0.2) is 0 Å². The van der Waals surface area contributed by atoms with Gasteiger partial charge in [-0.05, 0) is 50.9 Å². The van der Waals surface area contributed by atoms with Crippen LogP contribution >= 0.6 is 0 Å². The van der Waals surface area contributed by atoms with E-state index in [0.29, 0.717) is 18.2 Å². The number of pyridine rings is 1. The quantitative estimate of drug-likeness (QED) is 0.681. The molecule has 0 bridgehead atoms. The Morgan fingerprint density at radius 2 is 1.96 bits per heavy atom. The molecule has 0 aliphatic carbocycles. The molecule has 0 amide bonds. The topological polar surface area (TPSA) is 89.9 Å². The molecule has 140 valence electrons. The highest BCUT2D eigenvalue weighted by molar-refractivity contribution is 5.57. The van der Waals surface area contributed by atoms with Crippen molar-refractivity contribution in [1.29, 1.82) is 0 Å². The number of rotatable bonds is 5. The van der Waals surface area contributed by atoms with E-state index in [1.54, 1.807) is 29.4 Å². The summed E-state index contributed by atoms with van der Waals surface area (Å²) >= 11 is 0. The second-order valence-electron chi connectivity index (χ2n) is 7.02. The molecule has 4 rings (SSSR count). The van der Waals surface area contributed by atoms with Crippen LogP contribution in [0.3, 0.4) is 0 Å². The maximum atomic E-state index is 12.5. The Balaban J connectivity index is 1.35. The Morgan fingerprint density at radius 3 is 2.63 bits per heavy atom. The molecule has 3 aromatic heterocycles. The lowest BCUT2D eigenvalue weighted by Crippen LogP contribution is -2.36. The summed E-state index contributed by atoms with van der Waals surface area (Å²) in [6, 6.07) is 5.31. The maximum Gasteiger partial charge on any atom is 0.253 e. The molecule has 1 aliphatic heterocycles. The lowest BCUT2D eigenvalue weighted by Gasteiger charge is -2.31. The average molecular weight is 366 g/mol. The van der Waals surface area contributed by atoms with Crippen LogP contribution in [0.4, 0.5) is 0 Å². The van der Waals surface area contributed by atoms with Gasteiger partial charge < -0.3 is 0 Å². The smallest absolute Gasteiger partial charge is 0.253 e. The Kier molecular flexibility index (Phi) is 5.06. The summed E-state index contributed by atoms with van der Waals surface area (Å²) in [6.45, 7) is 5.35. The summed E-state index contributed by atoms with van der Waals surface area (Å²) in [7, 11) is 0. The summed E-state index contributed by atoms with van der Waals surface area (Å²) < 4.78 is 6.49. The van der Waals surface area contributed by atoms with Gasteiger partial charge in [-0.1, -0.05) is 10.3 Å². The van der Waals surface area contributed by atoms with Gasteiger partial charge in [-0.2, -0.15) is 0 Å². The number of aryl methyl sites for hydroxylation is 1. The monoisotopic (exact) mass is 366 g/mol. The minimum absolute atomic E-state index is 0.0106. The van der Waals surface area contributed by atoms with E-state index in [2.05, 4.69) is 25.2 Å². The molecule has 1 fully saturated rings. The van der Waals surface area contributed by atoms with Crippen molar-refractivity contribution >= 4 is 0 Å². The predicted molar refractivity (Wildman–Crippen MR) is 98.8 cm³/mol. The molecule has 0 N–H and O–H groups in total. The summed E-state index contributed by atoms with van der Waals surface area (Å²) in [5.74, 6) is 0.476. The Bertz CT molecular complexity index is 944. The van der Waals surface area contributed by atoms with Crippen LogP contribution in [0.5, 0.6) is 0 Å². The van der Waals surface area contributed by atoms with Crippen LogP contribution in [0.2, 0.25) is 0 Å². The van der Waals surface area contributed by atoms with Crippen LogP contribution in [0.25, 0.3) is 11.3 Å². The summed E-state index contributed by atoms with van der Waals surface area (Å²) in [6.07, 6.45) is 7.15. The average Bonchev–Trinajstić information content (AvgIpc) is 3.10. The third-order valence-electron chi connectivity index (χ3n) is 5.14. The third kappa shape index (κ3) is 4.11. The van der Waals surface area contributed by atoms with Crippen LogP contribution < -0.4 is 5.56 Å². The van der Waals surface area contributed by atoms with E-state index < -0.39 is 0 Å². The van der Waals surface area contributed by atoms with Gasteiger partial charge in [0.25, 0.3) is 5.56 Å². The first kappa shape index (κ1) is 17.5. The molecule has 0 radical (unpaired) electrons. The number of hydrogen-bond acceptors (Lipinski definition) is 7. The molecule has 1 saturated heterocycles. The van der Waals surface area contributed by atoms with Crippen LogP contribution in [0.15, 0.2) is 46.3 Å². The minimum atomic E-state index is -0.0106. The first-order valence-electron chi connectivity index (χ1n) is 9.16. The van der Waals surface area contributed by atoms with Gasteiger partial charge in [-0.15, -0.1) is 0 Å². The van der Waals surface area contributed by atoms with E-state index >= 15 is 0 Å². The van der Waals surface area contributed by atoms with Crippen LogP contribution in [0.1, 0.15) is 24.2 Å². The Hall–Kier alpha value is -2.87. The molecule has 8 heteroatoms. The van der Waals surface area contributed by atoms with Gasteiger partial charge in [0, 0.05) is 37.1 Å². The zero-order valence-electron chi connectivity index (χ0n) is 15.3. The fourth-order valence-corrected chi connectivity index (χ4v) is 3.45. The molecule has 8 nitrogen and oxygen atoms in total. The number of hydrogen-bond donors (Lipinski definition) is 0. The van der Waals surface area contributed by atoms with Crippen molar-refractivity contribution in [1.82, 2.24) is 29.7 Å². The standard InChI is InChI=1S/C19H22N6O2/c1-14-18(23-27-22-14)12-24-8-4-15(5-9-24)11-25-13-21-17(10-19(25)26)16-2-6-20-7-3-16/h2-3,6-7,10,13,15H,4-5,8-9,11-12H2,1H3.